The van der Waals surface area contributed by atoms with E-state index in [9.17, 15) is 9.59 Å². The number of rotatable bonds is 3. The lowest BCUT2D eigenvalue weighted by Gasteiger charge is -2.19. The van der Waals surface area contributed by atoms with Crippen molar-refractivity contribution in [3.63, 3.8) is 0 Å². The van der Waals surface area contributed by atoms with E-state index in [0.717, 1.165) is 10.6 Å². The van der Waals surface area contributed by atoms with Gasteiger partial charge in [0.25, 0.3) is 0 Å². The molecule has 1 atom stereocenters. The third kappa shape index (κ3) is 2.47. The van der Waals surface area contributed by atoms with E-state index in [1.807, 2.05) is 12.3 Å². The number of halogens is 1. The number of benzene rings is 1. The van der Waals surface area contributed by atoms with Crippen LogP contribution >= 0.6 is 23.4 Å². The van der Waals surface area contributed by atoms with Gasteiger partial charge in [-0.15, -0.1) is 11.8 Å². The minimum atomic E-state index is -0.432. The van der Waals surface area contributed by atoms with Crippen molar-refractivity contribution in [2.45, 2.75) is 11.3 Å². The van der Waals surface area contributed by atoms with Gasteiger partial charge in [0.15, 0.2) is 0 Å². The number of carbonyl (C=O) groups is 2. The normalized spacial score (nSPS) is 19.3. The average Bonchev–Trinajstić information content (AvgIpc) is 2.71. The molecule has 18 heavy (non-hydrogen) atoms. The Labute approximate surface area is 114 Å². The van der Waals surface area contributed by atoms with Crippen LogP contribution < -0.4 is 10.6 Å². The minimum absolute atomic E-state index is 0.0867. The molecule has 96 valence electrons. The number of thioether (sulfide) groups is 1. The Morgan fingerprint density at radius 3 is 2.83 bits per heavy atom. The summed E-state index contributed by atoms with van der Waals surface area (Å²) in [6, 6.07) is 5.39. The van der Waals surface area contributed by atoms with E-state index in [-0.39, 0.29) is 12.3 Å². The van der Waals surface area contributed by atoms with E-state index < -0.39 is 11.8 Å². The molecule has 0 radical (unpaired) electrons. The molecule has 4 nitrogen and oxygen atoms in total. The second-order valence-electron chi connectivity index (χ2n) is 4.12. The molecule has 2 amide bonds. The molecule has 1 aliphatic heterocycles. The predicted octanol–water partition coefficient (Wildman–Crippen LogP) is 1.90. The zero-order valence-corrected chi connectivity index (χ0v) is 11.4. The van der Waals surface area contributed by atoms with Crippen molar-refractivity contribution in [2.75, 3.05) is 17.7 Å². The number of primary amides is 1. The summed E-state index contributed by atoms with van der Waals surface area (Å²) in [4.78, 5) is 25.6. The molecule has 6 heteroatoms. The molecule has 1 fully saturated rings. The van der Waals surface area contributed by atoms with Crippen LogP contribution in [0.15, 0.2) is 23.1 Å². The minimum Gasteiger partial charge on any atom is -0.369 e. The van der Waals surface area contributed by atoms with E-state index in [4.69, 9.17) is 17.3 Å². The Balaban J connectivity index is 2.34. The Bertz CT molecular complexity index is 507. The van der Waals surface area contributed by atoms with Gasteiger partial charge in [-0.1, -0.05) is 11.6 Å². The van der Waals surface area contributed by atoms with Gasteiger partial charge < -0.3 is 10.6 Å². The average molecular weight is 285 g/mol. The first-order chi connectivity index (χ1) is 8.52. The maximum absolute atomic E-state index is 11.9. The Morgan fingerprint density at radius 1 is 1.56 bits per heavy atom. The summed E-state index contributed by atoms with van der Waals surface area (Å²) in [5.74, 6) is -0.930. The summed E-state index contributed by atoms with van der Waals surface area (Å²) in [7, 11) is 0. The summed E-state index contributed by atoms with van der Waals surface area (Å²) in [5, 5.41) is 0.568. The Morgan fingerprint density at radius 2 is 2.28 bits per heavy atom. The molecule has 1 aromatic rings. The molecule has 0 aromatic heterocycles. The number of hydrogen-bond acceptors (Lipinski definition) is 3. The highest BCUT2D eigenvalue weighted by Gasteiger charge is 2.34. The summed E-state index contributed by atoms with van der Waals surface area (Å²) in [6.45, 7) is 0.335. The molecule has 1 aromatic carbocycles. The standard InChI is InChI=1S/C12H13ClN2O2S/c1-18-10-3-2-8(13)5-9(10)15-6-7(12(14)17)4-11(15)16/h2-3,5,7H,4,6H2,1H3,(H2,14,17). The molecule has 2 rings (SSSR count). The third-order valence-electron chi connectivity index (χ3n) is 2.96. The maximum Gasteiger partial charge on any atom is 0.227 e. The van der Waals surface area contributed by atoms with E-state index in [0.29, 0.717) is 11.6 Å². The first-order valence-electron chi connectivity index (χ1n) is 5.46. The van der Waals surface area contributed by atoms with Gasteiger partial charge in [0.1, 0.15) is 0 Å². The van der Waals surface area contributed by atoms with Crippen molar-refractivity contribution in [2.24, 2.45) is 11.7 Å². The summed E-state index contributed by atoms with van der Waals surface area (Å²) in [5.41, 5.74) is 6.01. The fourth-order valence-electron chi connectivity index (χ4n) is 2.01. The molecule has 1 saturated heterocycles. The lowest BCUT2D eigenvalue weighted by molar-refractivity contribution is -0.123. The quantitative estimate of drug-likeness (QED) is 0.862. The molecular formula is C12H13ClN2O2S. The Kier molecular flexibility index (Phi) is 3.82. The van der Waals surface area contributed by atoms with Crippen LogP contribution in [-0.2, 0) is 9.59 Å². The van der Waals surface area contributed by atoms with Gasteiger partial charge in [-0.25, -0.2) is 0 Å². The third-order valence-corrected chi connectivity index (χ3v) is 3.98. The van der Waals surface area contributed by atoms with Crippen LogP contribution in [0.3, 0.4) is 0 Å². The van der Waals surface area contributed by atoms with Gasteiger partial charge in [-0.05, 0) is 24.5 Å². The fourth-order valence-corrected chi connectivity index (χ4v) is 2.75. The van der Waals surface area contributed by atoms with Crippen molar-refractivity contribution < 1.29 is 9.59 Å². The van der Waals surface area contributed by atoms with Crippen LogP contribution in [0.4, 0.5) is 5.69 Å². The molecule has 1 unspecified atom stereocenters. The van der Waals surface area contributed by atoms with Crippen molar-refractivity contribution in [3.8, 4) is 0 Å². The van der Waals surface area contributed by atoms with Crippen molar-refractivity contribution >= 4 is 40.9 Å². The van der Waals surface area contributed by atoms with Crippen LogP contribution in [0, 0.1) is 5.92 Å². The lowest BCUT2D eigenvalue weighted by Crippen LogP contribution is -2.28. The first kappa shape index (κ1) is 13.2. The second-order valence-corrected chi connectivity index (χ2v) is 5.41. The van der Waals surface area contributed by atoms with Gasteiger partial charge in [0.05, 0.1) is 11.6 Å². The van der Waals surface area contributed by atoms with Crippen molar-refractivity contribution in [3.05, 3.63) is 23.2 Å². The molecule has 0 saturated carbocycles. The van der Waals surface area contributed by atoms with Gasteiger partial charge >= 0.3 is 0 Å². The fraction of sp³-hybridized carbons (Fsp3) is 0.333. The number of nitrogens with zero attached hydrogens (tertiary/aromatic N) is 1. The van der Waals surface area contributed by atoms with Crippen LogP contribution in [-0.4, -0.2) is 24.6 Å². The van der Waals surface area contributed by atoms with Gasteiger partial charge in [-0.2, -0.15) is 0 Å². The van der Waals surface area contributed by atoms with E-state index >= 15 is 0 Å². The van der Waals surface area contributed by atoms with Gasteiger partial charge in [0, 0.05) is 22.9 Å². The van der Waals surface area contributed by atoms with E-state index in [1.165, 1.54) is 11.8 Å². The number of anilines is 1. The predicted molar refractivity (Wildman–Crippen MR) is 72.9 cm³/mol. The summed E-state index contributed by atoms with van der Waals surface area (Å²) in [6.07, 6.45) is 2.11. The summed E-state index contributed by atoms with van der Waals surface area (Å²) < 4.78 is 0. The highest BCUT2D eigenvalue weighted by Crippen LogP contribution is 2.34. The summed E-state index contributed by atoms with van der Waals surface area (Å²) >= 11 is 7.49. The molecule has 0 bridgehead atoms. The van der Waals surface area contributed by atoms with Crippen LogP contribution in [0.1, 0.15) is 6.42 Å². The molecule has 0 aliphatic carbocycles. The zero-order chi connectivity index (χ0) is 13.3. The van der Waals surface area contributed by atoms with E-state index in [1.54, 1.807) is 17.0 Å². The first-order valence-corrected chi connectivity index (χ1v) is 7.06. The molecule has 1 aliphatic rings. The number of carbonyl (C=O) groups excluding carboxylic acids is 2. The van der Waals surface area contributed by atoms with Crippen LogP contribution in [0.25, 0.3) is 0 Å². The lowest BCUT2D eigenvalue weighted by atomic mass is 10.1. The van der Waals surface area contributed by atoms with Crippen LogP contribution in [0.2, 0.25) is 5.02 Å². The topological polar surface area (TPSA) is 63.4 Å². The number of hydrogen-bond donors (Lipinski definition) is 1. The SMILES string of the molecule is CSc1ccc(Cl)cc1N1CC(C(N)=O)CC1=O. The zero-order valence-electron chi connectivity index (χ0n) is 9.85. The number of amides is 2. The maximum atomic E-state index is 11.9. The molecule has 2 N–H and O–H groups in total. The largest absolute Gasteiger partial charge is 0.369 e. The van der Waals surface area contributed by atoms with Crippen molar-refractivity contribution in [1.82, 2.24) is 0 Å². The highest BCUT2D eigenvalue weighted by molar-refractivity contribution is 7.98. The molecular weight excluding hydrogens is 272 g/mol. The monoisotopic (exact) mass is 284 g/mol. The van der Waals surface area contributed by atoms with Crippen molar-refractivity contribution in [1.29, 1.82) is 0 Å². The second kappa shape index (κ2) is 5.20. The molecule has 0 spiro atoms. The number of nitrogens with two attached hydrogens (primary N) is 1. The molecule has 1 heterocycles. The highest BCUT2D eigenvalue weighted by atomic mass is 35.5. The smallest absolute Gasteiger partial charge is 0.227 e. The Hall–Kier alpha value is -1.20. The van der Waals surface area contributed by atoms with Gasteiger partial charge in [0.2, 0.25) is 11.8 Å². The van der Waals surface area contributed by atoms with Crippen LogP contribution in [0.5, 0.6) is 0 Å². The van der Waals surface area contributed by atoms with Gasteiger partial charge in [-0.3, -0.25) is 9.59 Å². The van der Waals surface area contributed by atoms with E-state index in [2.05, 4.69) is 0 Å².